The van der Waals surface area contributed by atoms with E-state index in [0.29, 0.717) is 29.7 Å². The van der Waals surface area contributed by atoms with Crippen molar-refractivity contribution in [2.24, 2.45) is 0 Å². The third-order valence-electron chi connectivity index (χ3n) is 3.77. The molecule has 6 heteroatoms. The van der Waals surface area contributed by atoms with Gasteiger partial charge in [0.25, 0.3) is 0 Å². The Labute approximate surface area is 125 Å². The second-order valence-corrected chi connectivity index (χ2v) is 5.35. The van der Waals surface area contributed by atoms with Crippen LogP contribution in [-0.4, -0.2) is 48.1 Å². The fraction of sp³-hybridized carbons (Fsp3) is 0.600. The van der Waals surface area contributed by atoms with Gasteiger partial charge in [-0.05, 0) is 45.8 Å². The van der Waals surface area contributed by atoms with E-state index in [1.54, 1.807) is 13.0 Å². The number of nitrogens with zero attached hydrogens (tertiary/aromatic N) is 2. The topological polar surface area (TPSA) is 80.5 Å². The quantitative estimate of drug-likeness (QED) is 0.777. The lowest BCUT2D eigenvalue weighted by atomic mass is 10.2. The van der Waals surface area contributed by atoms with E-state index in [2.05, 4.69) is 22.1 Å². The third-order valence-corrected chi connectivity index (χ3v) is 3.77. The van der Waals surface area contributed by atoms with Crippen LogP contribution >= 0.6 is 0 Å². The van der Waals surface area contributed by atoms with Crippen LogP contribution in [0.15, 0.2) is 12.3 Å². The molecule has 1 aromatic heterocycles. The van der Waals surface area contributed by atoms with Gasteiger partial charge in [0.05, 0.1) is 24.1 Å². The van der Waals surface area contributed by atoms with E-state index >= 15 is 0 Å². The van der Waals surface area contributed by atoms with Crippen molar-refractivity contribution in [3.8, 4) is 0 Å². The number of anilines is 2. The first-order valence-corrected chi connectivity index (χ1v) is 7.52. The van der Waals surface area contributed by atoms with Crippen molar-refractivity contribution in [3.05, 3.63) is 17.8 Å². The van der Waals surface area contributed by atoms with Crippen LogP contribution < -0.4 is 11.1 Å². The van der Waals surface area contributed by atoms with E-state index in [1.165, 1.54) is 19.0 Å². The van der Waals surface area contributed by atoms with Gasteiger partial charge in [-0.15, -0.1) is 0 Å². The van der Waals surface area contributed by atoms with Gasteiger partial charge in [0.2, 0.25) is 0 Å². The number of hydrogen-bond acceptors (Lipinski definition) is 6. The molecule has 1 atom stereocenters. The van der Waals surface area contributed by atoms with Crippen LogP contribution in [0.1, 0.15) is 37.0 Å². The van der Waals surface area contributed by atoms with Crippen molar-refractivity contribution in [3.63, 3.8) is 0 Å². The monoisotopic (exact) mass is 292 g/mol. The summed E-state index contributed by atoms with van der Waals surface area (Å²) in [4.78, 5) is 18.5. The van der Waals surface area contributed by atoms with Gasteiger partial charge in [0.1, 0.15) is 5.82 Å². The molecule has 3 N–H and O–H groups in total. The minimum atomic E-state index is -0.409. The average Bonchev–Trinajstić information content (AvgIpc) is 3.00. The van der Waals surface area contributed by atoms with Crippen LogP contribution in [0.3, 0.4) is 0 Å². The summed E-state index contributed by atoms with van der Waals surface area (Å²) in [5.41, 5.74) is 6.48. The molecule has 0 saturated carbocycles. The lowest BCUT2D eigenvalue weighted by molar-refractivity contribution is 0.0527. The van der Waals surface area contributed by atoms with Gasteiger partial charge in [-0.3, -0.25) is 4.90 Å². The Kier molecular flexibility index (Phi) is 5.38. The number of nitrogens with two attached hydrogens (primary N) is 1. The van der Waals surface area contributed by atoms with Gasteiger partial charge >= 0.3 is 5.97 Å². The zero-order valence-electron chi connectivity index (χ0n) is 12.8. The maximum Gasteiger partial charge on any atom is 0.340 e. The molecule has 0 spiro atoms. The first kappa shape index (κ1) is 15.6. The number of esters is 1. The zero-order valence-corrected chi connectivity index (χ0v) is 12.8. The van der Waals surface area contributed by atoms with Gasteiger partial charge in [0.15, 0.2) is 0 Å². The van der Waals surface area contributed by atoms with Crippen molar-refractivity contribution in [2.45, 2.75) is 32.7 Å². The van der Waals surface area contributed by atoms with E-state index < -0.39 is 5.97 Å². The predicted octanol–water partition coefficient (Wildman–Crippen LogP) is 1.74. The number of nitrogen functional groups attached to an aromatic ring is 1. The van der Waals surface area contributed by atoms with Crippen molar-refractivity contribution in [1.29, 1.82) is 0 Å². The molecular weight excluding hydrogens is 268 g/mol. The Morgan fingerprint density at radius 3 is 2.90 bits per heavy atom. The summed E-state index contributed by atoms with van der Waals surface area (Å²) in [6.07, 6.45) is 4.05. The molecule has 0 amide bonds. The summed E-state index contributed by atoms with van der Waals surface area (Å²) in [7, 11) is 0. The van der Waals surface area contributed by atoms with Crippen molar-refractivity contribution in [1.82, 2.24) is 9.88 Å². The predicted molar refractivity (Wildman–Crippen MR) is 83.4 cm³/mol. The number of nitrogens with one attached hydrogen (secondary N) is 1. The molecule has 0 aromatic carbocycles. The SMILES string of the molecule is CCOC(=O)c1cc(NCC(C)N2CCCC2)ncc1N. The number of likely N-dealkylation sites (tertiary alicyclic amines) is 1. The molecule has 1 aliphatic rings. The molecular formula is C15H24N4O2. The Morgan fingerprint density at radius 1 is 1.52 bits per heavy atom. The van der Waals surface area contributed by atoms with Crippen molar-refractivity contribution >= 4 is 17.5 Å². The summed E-state index contributed by atoms with van der Waals surface area (Å²) >= 11 is 0. The highest BCUT2D eigenvalue weighted by molar-refractivity contribution is 5.95. The smallest absolute Gasteiger partial charge is 0.340 e. The molecule has 116 valence electrons. The number of pyridine rings is 1. The Bertz CT molecular complexity index is 487. The van der Waals surface area contributed by atoms with Gasteiger partial charge in [-0.2, -0.15) is 0 Å². The van der Waals surface area contributed by atoms with Crippen LogP contribution in [0.4, 0.5) is 11.5 Å². The molecule has 0 bridgehead atoms. The summed E-state index contributed by atoms with van der Waals surface area (Å²) in [6.45, 7) is 7.40. The first-order valence-electron chi connectivity index (χ1n) is 7.52. The zero-order chi connectivity index (χ0) is 15.2. The molecule has 1 aromatic rings. The lowest BCUT2D eigenvalue weighted by Crippen LogP contribution is -2.35. The van der Waals surface area contributed by atoms with E-state index in [4.69, 9.17) is 10.5 Å². The number of carbonyl (C=O) groups excluding carboxylic acids is 1. The minimum Gasteiger partial charge on any atom is -0.462 e. The molecule has 0 radical (unpaired) electrons. The first-order chi connectivity index (χ1) is 10.1. The lowest BCUT2D eigenvalue weighted by Gasteiger charge is -2.24. The molecule has 6 nitrogen and oxygen atoms in total. The van der Waals surface area contributed by atoms with E-state index in [-0.39, 0.29) is 0 Å². The second-order valence-electron chi connectivity index (χ2n) is 5.35. The Morgan fingerprint density at radius 2 is 2.24 bits per heavy atom. The summed E-state index contributed by atoms with van der Waals surface area (Å²) in [6, 6.07) is 2.10. The molecule has 1 fully saturated rings. The van der Waals surface area contributed by atoms with E-state index in [9.17, 15) is 4.79 Å². The largest absolute Gasteiger partial charge is 0.462 e. The van der Waals surface area contributed by atoms with Crippen LogP contribution in [-0.2, 0) is 4.74 Å². The van der Waals surface area contributed by atoms with Gasteiger partial charge in [0, 0.05) is 12.6 Å². The molecule has 0 aliphatic carbocycles. The third kappa shape index (κ3) is 4.07. The maximum absolute atomic E-state index is 11.8. The highest BCUT2D eigenvalue weighted by Crippen LogP contribution is 2.17. The van der Waals surface area contributed by atoms with Crippen LogP contribution in [0.25, 0.3) is 0 Å². The second kappa shape index (κ2) is 7.26. The number of aromatic nitrogens is 1. The average molecular weight is 292 g/mol. The fourth-order valence-corrected chi connectivity index (χ4v) is 2.51. The van der Waals surface area contributed by atoms with Crippen molar-refractivity contribution < 1.29 is 9.53 Å². The van der Waals surface area contributed by atoms with Gasteiger partial charge < -0.3 is 15.8 Å². The van der Waals surface area contributed by atoms with Crippen LogP contribution in [0.2, 0.25) is 0 Å². The fourth-order valence-electron chi connectivity index (χ4n) is 2.51. The normalized spacial score (nSPS) is 16.7. The number of carbonyl (C=O) groups is 1. The maximum atomic E-state index is 11.8. The van der Waals surface area contributed by atoms with Crippen LogP contribution in [0.5, 0.6) is 0 Å². The Balaban J connectivity index is 1.96. The molecule has 21 heavy (non-hydrogen) atoms. The van der Waals surface area contributed by atoms with Gasteiger partial charge in [-0.25, -0.2) is 9.78 Å². The molecule has 1 saturated heterocycles. The highest BCUT2D eigenvalue weighted by Gasteiger charge is 2.18. The standard InChI is InChI=1S/C15H24N4O2/c1-3-21-15(20)12-8-14(18-10-13(12)16)17-9-11(2)19-6-4-5-7-19/h8,10-11H,3-7,9,16H2,1-2H3,(H,17,18). The molecule has 1 unspecified atom stereocenters. The summed E-state index contributed by atoms with van der Waals surface area (Å²) < 4.78 is 4.99. The number of hydrogen-bond donors (Lipinski definition) is 2. The molecule has 2 rings (SSSR count). The van der Waals surface area contributed by atoms with Gasteiger partial charge in [-0.1, -0.05) is 0 Å². The Hall–Kier alpha value is -1.82. The molecule has 2 heterocycles. The highest BCUT2D eigenvalue weighted by atomic mass is 16.5. The minimum absolute atomic E-state index is 0.329. The van der Waals surface area contributed by atoms with Crippen LogP contribution in [0, 0.1) is 0 Å². The number of ether oxygens (including phenoxy) is 1. The summed E-state index contributed by atoms with van der Waals surface area (Å²) in [5, 5.41) is 3.27. The number of rotatable bonds is 6. The van der Waals surface area contributed by atoms with E-state index in [0.717, 1.165) is 19.6 Å². The summed E-state index contributed by atoms with van der Waals surface area (Å²) in [5.74, 6) is 0.242. The molecule has 1 aliphatic heterocycles. The van der Waals surface area contributed by atoms with E-state index in [1.807, 2.05) is 0 Å². The van der Waals surface area contributed by atoms with Crippen molar-refractivity contribution in [2.75, 3.05) is 37.3 Å².